The molecule has 5 heteroatoms. The van der Waals surface area contributed by atoms with Crippen LogP contribution in [0.2, 0.25) is 10.0 Å². The Morgan fingerprint density at radius 3 is 2.89 bits per heavy atom. The first-order chi connectivity index (χ1) is 9.20. The van der Waals surface area contributed by atoms with E-state index in [1.807, 2.05) is 6.07 Å². The third kappa shape index (κ3) is 4.52. The van der Waals surface area contributed by atoms with E-state index in [-0.39, 0.29) is 0 Å². The van der Waals surface area contributed by atoms with Crippen molar-refractivity contribution in [2.75, 3.05) is 13.2 Å². The second kappa shape index (κ2) is 7.72. The Kier molecular flexibility index (Phi) is 6.27. The number of benzene rings is 1. The van der Waals surface area contributed by atoms with Gasteiger partial charge in [-0.15, -0.1) is 0 Å². The number of hydrogen-bond acceptors (Lipinski definition) is 2. The van der Waals surface area contributed by atoms with E-state index in [1.54, 1.807) is 6.07 Å². The number of halogens is 3. The van der Waals surface area contributed by atoms with Gasteiger partial charge in [0.05, 0.1) is 17.7 Å². The van der Waals surface area contributed by atoms with E-state index < -0.39 is 0 Å². The van der Waals surface area contributed by atoms with Crippen molar-refractivity contribution in [2.45, 2.75) is 37.1 Å². The van der Waals surface area contributed by atoms with Crippen molar-refractivity contribution >= 4 is 39.1 Å². The van der Waals surface area contributed by atoms with Crippen LogP contribution >= 0.6 is 39.1 Å². The molecule has 0 saturated carbocycles. The van der Waals surface area contributed by atoms with Crippen molar-refractivity contribution in [2.24, 2.45) is 0 Å². The molecule has 1 aromatic rings. The van der Waals surface area contributed by atoms with Crippen molar-refractivity contribution in [3.63, 3.8) is 0 Å². The predicted octanol–water partition coefficient (Wildman–Crippen LogP) is 5.23. The molecule has 0 N–H and O–H groups in total. The van der Waals surface area contributed by atoms with Gasteiger partial charge >= 0.3 is 0 Å². The minimum atomic E-state index is 0.417. The molecule has 106 valence electrons. The summed E-state index contributed by atoms with van der Waals surface area (Å²) >= 11 is 15.6. The Labute approximate surface area is 132 Å². The highest BCUT2D eigenvalue weighted by molar-refractivity contribution is 9.08. The van der Waals surface area contributed by atoms with Crippen LogP contribution < -0.4 is 4.74 Å². The molecule has 0 aliphatic carbocycles. The van der Waals surface area contributed by atoms with Gasteiger partial charge in [-0.25, -0.2) is 0 Å². The van der Waals surface area contributed by atoms with Gasteiger partial charge in [-0.1, -0.05) is 39.1 Å². The molecule has 1 saturated heterocycles. The molecule has 0 radical (unpaired) electrons. The Balaban J connectivity index is 1.84. The molecule has 2 rings (SSSR count). The quantitative estimate of drug-likeness (QED) is 0.506. The van der Waals surface area contributed by atoms with E-state index >= 15 is 0 Å². The van der Waals surface area contributed by atoms with Crippen LogP contribution in [-0.2, 0) is 10.1 Å². The molecule has 0 aromatic heterocycles. The van der Waals surface area contributed by atoms with Crippen LogP contribution in [0.5, 0.6) is 5.75 Å². The molecule has 0 bridgehead atoms. The highest BCUT2D eigenvalue weighted by atomic mass is 79.9. The Hall–Kier alpha value is 0.0400. The zero-order valence-corrected chi connectivity index (χ0v) is 13.7. The summed E-state index contributed by atoms with van der Waals surface area (Å²) in [6.45, 7) is 1.56. The third-order valence-corrected chi connectivity index (χ3v) is 4.27. The second-order valence-corrected chi connectivity index (χ2v) is 6.04. The SMILES string of the molecule is Clc1cc(Cl)c(OCCCC2CCCO2)c(CBr)c1. The molecule has 1 aromatic carbocycles. The monoisotopic (exact) mass is 366 g/mol. The molecular formula is C14H17BrCl2O2. The summed E-state index contributed by atoms with van der Waals surface area (Å²) in [7, 11) is 0. The van der Waals surface area contributed by atoms with E-state index in [0.717, 1.165) is 30.8 Å². The van der Waals surface area contributed by atoms with E-state index in [0.29, 0.717) is 28.1 Å². The maximum absolute atomic E-state index is 6.16. The summed E-state index contributed by atoms with van der Waals surface area (Å²) in [5, 5.41) is 1.87. The minimum absolute atomic E-state index is 0.417. The Morgan fingerprint density at radius 2 is 2.21 bits per heavy atom. The first-order valence-electron chi connectivity index (χ1n) is 6.49. The molecule has 0 spiro atoms. The topological polar surface area (TPSA) is 18.5 Å². The van der Waals surface area contributed by atoms with Gasteiger partial charge in [-0.2, -0.15) is 0 Å². The lowest BCUT2D eigenvalue weighted by Gasteiger charge is -2.13. The van der Waals surface area contributed by atoms with E-state index in [9.17, 15) is 0 Å². The lowest BCUT2D eigenvalue weighted by atomic mass is 10.1. The molecule has 2 nitrogen and oxygen atoms in total. The standard InChI is InChI=1S/C14H17BrCl2O2/c15-9-10-7-11(16)8-13(17)14(10)19-6-2-4-12-3-1-5-18-12/h7-8,12H,1-6,9H2. The largest absolute Gasteiger partial charge is 0.492 e. The summed E-state index contributed by atoms with van der Waals surface area (Å²) in [4.78, 5) is 0. The van der Waals surface area contributed by atoms with E-state index in [1.165, 1.54) is 12.8 Å². The second-order valence-electron chi connectivity index (χ2n) is 4.64. The summed E-state index contributed by atoms with van der Waals surface area (Å²) in [5.41, 5.74) is 0.981. The molecule has 1 aliphatic rings. The molecule has 1 heterocycles. The average molecular weight is 368 g/mol. The molecule has 0 amide bonds. The highest BCUT2D eigenvalue weighted by Crippen LogP contribution is 2.34. The molecule has 1 fully saturated rings. The van der Waals surface area contributed by atoms with Gasteiger partial charge in [0.15, 0.2) is 0 Å². The molecule has 1 unspecified atom stereocenters. The highest BCUT2D eigenvalue weighted by Gasteiger charge is 2.15. The zero-order chi connectivity index (χ0) is 13.7. The van der Waals surface area contributed by atoms with Crippen molar-refractivity contribution in [3.8, 4) is 5.75 Å². The van der Waals surface area contributed by atoms with E-state index in [2.05, 4.69) is 15.9 Å². The normalized spacial score (nSPS) is 18.8. The van der Waals surface area contributed by atoms with Gasteiger partial charge < -0.3 is 9.47 Å². The fraction of sp³-hybridized carbons (Fsp3) is 0.571. The van der Waals surface area contributed by atoms with Crippen LogP contribution in [0.25, 0.3) is 0 Å². The van der Waals surface area contributed by atoms with Gasteiger partial charge in [-0.3, -0.25) is 0 Å². The molecular weight excluding hydrogens is 351 g/mol. The fourth-order valence-corrected chi connectivity index (χ4v) is 3.24. The first-order valence-corrected chi connectivity index (χ1v) is 8.36. The van der Waals surface area contributed by atoms with Crippen molar-refractivity contribution in [1.82, 2.24) is 0 Å². The number of hydrogen-bond donors (Lipinski definition) is 0. The van der Waals surface area contributed by atoms with Crippen LogP contribution in [0.15, 0.2) is 12.1 Å². The molecule has 1 atom stereocenters. The van der Waals surface area contributed by atoms with Gasteiger partial charge in [-0.05, 0) is 37.8 Å². The van der Waals surface area contributed by atoms with Crippen LogP contribution in [0.1, 0.15) is 31.2 Å². The third-order valence-electron chi connectivity index (χ3n) is 3.17. The summed E-state index contributed by atoms with van der Waals surface area (Å²) < 4.78 is 11.4. The lowest BCUT2D eigenvalue weighted by molar-refractivity contribution is 0.0981. The number of ether oxygens (including phenoxy) is 2. The van der Waals surface area contributed by atoms with Gasteiger partial charge in [0.2, 0.25) is 0 Å². The van der Waals surface area contributed by atoms with Crippen LogP contribution in [0.4, 0.5) is 0 Å². The number of rotatable bonds is 6. The average Bonchev–Trinajstić information content (AvgIpc) is 2.89. The maximum Gasteiger partial charge on any atom is 0.142 e. The van der Waals surface area contributed by atoms with Crippen LogP contribution in [0.3, 0.4) is 0 Å². The van der Waals surface area contributed by atoms with Gasteiger partial charge in [0, 0.05) is 22.5 Å². The summed E-state index contributed by atoms with van der Waals surface area (Å²) in [5.74, 6) is 0.732. The zero-order valence-electron chi connectivity index (χ0n) is 10.6. The summed E-state index contributed by atoms with van der Waals surface area (Å²) in [6, 6.07) is 3.59. The fourth-order valence-electron chi connectivity index (χ4n) is 2.23. The lowest BCUT2D eigenvalue weighted by Crippen LogP contribution is -2.08. The van der Waals surface area contributed by atoms with Crippen molar-refractivity contribution in [1.29, 1.82) is 0 Å². The maximum atomic E-state index is 6.16. The van der Waals surface area contributed by atoms with Gasteiger partial charge in [0.25, 0.3) is 0 Å². The van der Waals surface area contributed by atoms with Crippen LogP contribution in [0, 0.1) is 0 Å². The predicted molar refractivity (Wildman–Crippen MR) is 82.8 cm³/mol. The van der Waals surface area contributed by atoms with Crippen molar-refractivity contribution < 1.29 is 9.47 Å². The van der Waals surface area contributed by atoms with Crippen molar-refractivity contribution in [3.05, 3.63) is 27.7 Å². The van der Waals surface area contributed by atoms with Crippen LogP contribution in [-0.4, -0.2) is 19.3 Å². The Morgan fingerprint density at radius 1 is 1.37 bits per heavy atom. The van der Waals surface area contributed by atoms with Gasteiger partial charge in [0.1, 0.15) is 5.75 Å². The smallest absolute Gasteiger partial charge is 0.142 e. The molecule has 1 aliphatic heterocycles. The first kappa shape index (κ1) is 15.4. The summed E-state index contributed by atoms with van der Waals surface area (Å²) in [6.07, 6.45) is 4.80. The Bertz CT molecular complexity index is 420. The molecule has 19 heavy (non-hydrogen) atoms. The van der Waals surface area contributed by atoms with E-state index in [4.69, 9.17) is 32.7 Å². The number of alkyl halides is 1. The minimum Gasteiger partial charge on any atom is -0.492 e.